The Balaban J connectivity index is 0.00000523. The molecule has 6 rings (SSSR count). The first-order chi connectivity index (χ1) is 24.5. The number of aromatic nitrogens is 5. The Morgan fingerprint density at radius 3 is 2.33 bits per heavy atom. The van der Waals surface area contributed by atoms with Crippen molar-refractivity contribution in [3.05, 3.63) is 77.6 Å². The number of nitrogens with zero attached hydrogens (tertiary/aromatic N) is 5. The van der Waals surface area contributed by atoms with Gasteiger partial charge < -0.3 is 22.1 Å². The second-order valence-corrected chi connectivity index (χ2v) is 13.5. The molecule has 0 bridgehead atoms. The zero-order valence-electron chi connectivity index (χ0n) is 28.7. The molecule has 1 aliphatic carbocycles. The van der Waals surface area contributed by atoms with Gasteiger partial charge in [-0.25, -0.2) is 8.78 Å². The molecule has 1 unspecified atom stereocenters. The third kappa shape index (κ3) is 8.95. The highest BCUT2D eigenvalue weighted by Gasteiger charge is 2.38. The van der Waals surface area contributed by atoms with Crippen molar-refractivity contribution in [1.82, 2.24) is 36.2 Å². The van der Waals surface area contributed by atoms with Crippen molar-refractivity contribution < 1.29 is 23.2 Å². The zero-order valence-corrected chi connectivity index (χ0v) is 29.5. The number of pyridine rings is 1. The molecule has 7 N–H and O–H groups in total. The average molecular weight is 737 g/mol. The van der Waals surface area contributed by atoms with E-state index < -0.39 is 42.8 Å². The maximum atomic E-state index is 14.2. The van der Waals surface area contributed by atoms with Crippen LogP contribution < -0.4 is 27.0 Å². The Kier molecular flexibility index (Phi) is 12.3. The number of aryl methyl sites for hydroxylation is 1. The normalized spacial score (nSPS) is 20.3. The summed E-state index contributed by atoms with van der Waals surface area (Å²) in [6.45, 7) is 2.28. The number of anilines is 1. The molecule has 1 saturated heterocycles. The number of aromatic amines is 1. The molecule has 0 radical (unpaired) electrons. The molecule has 4 aromatic rings. The van der Waals surface area contributed by atoms with Gasteiger partial charge in [-0.3, -0.25) is 24.3 Å². The van der Waals surface area contributed by atoms with Gasteiger partial charge in [-0.1, -0.05) is 24.3 Å². The molecule has 2 aromatic heterocycles. The second-order valence-electron chi connectivity index (χ2n) is 13.5. The summed E-state index contributed by atoms with van der Waals surface area (Å²) in [5, 5.41) is 19.4. The van der Waals surface area contributed by atoms with Crippen LogP contribution in [0.4, 0.5) is 14.5 Å². The molecule has 3 amide bonds. The van der Waals surface area contributed by atoms with E-state index in [0.717, 1.165) is 35.1 Å². The molecule has 13 nitrogen and oxygen atoms in total. The van der Waals surface area contributed by atoms with Crippen molar-refractivity contribution in [3.63, 3.8) is 0 Å². The number of hydrogen-bond acceptors (Lipinski definition) is 9. The van der Waals surface area contributed by atoms with Crippen molar-refractivity contribution in [1.29, 1.82) is 0 Å². The Bertz CT molecular complexity index is 1840. The predicted octanol–water partition coefficient (Wildman–Crippen LogP) is 3.58. The van der Waals surface area contributed by atoms with E-state index in [2.05, 4.69) is 36.2 Å². The minimum atomic E-state index is -2.88. The number of carbonyl (C=O) groups excluding carboxylic acids is 3. The zero-order chi connectivity index (χ0) is 36.1. The molecule has 276 valence electrons. The first-order valence-corrected chi connectivity index (χ1v) is 17.1. The Morgan fingerprint density at radius 2 is 1.73 bits per heavy atom. The van der Waals surface area contributed by atoms with E-state index in [4.69, 9.17) is 11.5 Å². The monoisotopic (exact) mass is 736 g/mol. The molecule has 1 saturated carbocycles. The smallest absolute Gasteiger partial charge is 0.270 e. The molecule has 3 heterocycles. The van der Waals surface area contributed by atoms with Crippen LogP contribution in [-0.4, -0.2) is 81.0 Å². The molecule has 2 fully saturated rings. The summed E-state index contributed by atoms with van der Waals surface area (Å²) in [6, 6.07) is 14.5. The molecule has 2 aromatic carbocycles. The van der Waals surface area contributed by atoms with E-state index in [0.29, 0.717) is 42.4 Å². The summed E-state index contributed by atoms with van der Waals surface area (Å²) < 4.78 is 27.6. The number of carbonyl (C=O) groups is 3. The van der Waals surface area contributed by atoms with Crippen molar-refractivity contribution >= 4 is 35.8 Å². The number of rotatable bonds is 11. The number of tetrazole rings is 1. The van der Waals surface area contributed by atoms with Crippen molar-refractivity contribution in [2.45, 2.75) is 63.5 Å². The highest BCUT2D eigenvalue weighted by molar-refractivity contribution is 6.02. The summed E-state index contributed by atoms with van der Waals surface area (Å²) in [7, 11) is 0. The standard InChI is InChI=1S/C36H42F2N10O3.ClH/c1-21-14-30(34(50)43-27-16-36(37,38)20-41-18-27)42-19-29(21)24-6-2-22(3-7-24)15-31(32(40)49)48(35(51)26-8-4-23(17-39)5-9-26)28-12-10-25(11-13-28)33-44-46-47-45-33;/h2-3,6-7,10-14,19,23,26-27,31,41H,4-5,8-9,15-18,20,39H2,1H3,(H2,40,49)(H,43,50)(H,44,45,46,47);1H/t23?,26?,27?,31-;/m0./s1. The number of nitrogens with two attached hydrogens (primary N) is 2. The topological polar surface area (TPSA) is 198 Å². The third-order valence-corrected chi connectivity index (χ3v) is 9.85. The molecule has 2 atom stereocenters. The van der Waals surface area contributed by atoms with E-state index in [-0.39, 0.29) is 42.9 Å². The predicted molar refractivity (Wildman–Crippen MR) is 194 cm³/mol. The fraction of sp³-hybridized carbons (Fsp3) is 0.417. The van der Waals surface area contributed by atoms with Gasteiger partial charge in [-0.15, -0.1) is 22.6 Å². The lowest BCUT2D eigenvalue weighted by Gasteiger charge is -2.35. The number of halogens is 3. The van der Waals surface area contributed by atoms with E-state index in [1.807, 2.05) is 31.2 Å². The largest absolute Gasteiger partial charge is 0.368 e. The van der Waals surface area contributed by atoms with Gasteiger partial charge in [0.1, 0.15) is 11.7 Å². The van der Waals surface area contributed by atoms with Gasteiger partial charge in [0, 0.05) is 54.4 Å². The summed E-state index contributed by atoms with van der Waals surface area (Å²) in [4.78, 5) is 46.0. The number of nitrogens with one attached hydrogen (secondary N) is 3. The van der Waals surface area contributed by atoms with Gasteiger partial charge in [0.15, 0.2) is 0 Å². The van der Waals surface area contributed by atoms with Crippen molar-refractivity contribution in [2.24, 2.45) is 23.3 Å². The molecule has 1 aliphatic heterocycles. The number of hydrogen-bond donors (Lipinski definition) is 5. The SMILES string of the molecule is Cc1cc(C(=O)NC2CNCC(F)(F)C2)ncc1-c1ccc(C[C@@H](C(N)=O)N(C(=O)C2CCC(CN)CC2)c2ccc(-c3nn[nH]n3)cc2)cc1.Cl. The van der Waals surface area contributed by atoms with Crippen LogP contribution in [0.2, 0.25) is 0 Å². The van der Waals surface area contributed by atoms with Crippen LogP contribution in [0.3, 0.4) is 0 Å². The second kappa shape index (κ2) is 16.7. The molecular formula is C36H43ClF2N10O3. The lowest BCUT2D eigenvalue weighted by atomic mass is 9.81. The van der Waals surface area contributed by atoms with Crippen LogP contribution in [-0.2, 0) is 16.0 Å². The van der Waals surface area contributed by atoms with Gasteiger partial charge in [-0.05, 0) is 97.3 Å². The van der Waals surface area contributed by atoms with E-state index >= 15 is 0 Å². The Labute approximate surface area is 306 Å². The van der Waals surface area contributed by atoms with Gasteiger partial charge >= 0.3 is 0 Å². The summed E-state index contributed by atoms with van der Waals surface area (Å²) in [5.74, 6) is -3.67. The fourth-order valence-electron chi connectivity index (χ4n) is 7.00. The molecule has 16 heteroatoms. The number of amides is 3. The first kappa shape index (κ1) is 38.4. The van der Waals surface area contributed by atoms with Gasteiger partial charge in [-0.2, -0.15) is 5.21 Å². The molecule has 0 spiro atoms. The van der Waals surface area contributed by atoms with Crippen LogP contribution in [0.5, 0.6) is 0 Å². The van der Waals surface area contributed by atoms with Crippen LogP contribution >= 0.6 is 12.4 Å². The number of H-pyrrole nitrogens is 1. The number of alkyl halides is 2. The van der Waals surface area contributed by atoms with Crippen LogP contribution in [0, 0.1) is 18.8 Å². The Morgan fingerprint density at radius 1 is 1.04 bits per heavy atom. The van der Waals surface area contributed by atoms with Crippen molar-refractivity contribution in [3.8, 4) is 22.5 Å². The molecular weight excluding hydrogens is 694 g/mol. The minimum absolute atomic E-state index is 0. The third-order valence-electron chi connectivity index (χ3n) is 9.85. The molecule has 2 aliphatic rings. The molecule has 52 heavy (non-hydrogen) atoms. The van der Waals surface area contributed by atoms with E-state index in [1.165, 1.54) is 4.90 Å². The highest BCUT2D eigenvalue weighted by Crippen LogP contribution is 2.33. The fourth-order valence-corrected chi connectivity index (χ4v) is 7.00. The van der Waals surface area contributed by atoms with Crippen LogP contribution in [0.25, 0.3) is 22.5 Å². The number of primary amides is 1. The number of piperidine rings is 1. The van der Waals surface area contributed by atoms with Crippen LogP contribution in [0.15, 0.2) is 60.8 Å². The summed E-state index contributed by atoms with van der Waals surface area (Å²) in [6.07, 6.45) is 4.38. The summed E-state index contributed by atoms with van der Waals surface area (Å²) >= 11 is 0. The average Bonchev–Trinajstić information content (AvgIpc) is 3.67. The number of benzene rings is 2. The lowest BCUT2D eigenvalue weighted by Crippen LogP contribution is -2.53. The quantitative estimate of drug-likeness (QED) is 0.153. The maximum Gasteiger partial charge on any atom is 0.270 e. The lowest BCUT2D eigenvalue weighted by molar-refractivity contribution is -0.127. The van der Waals surface area contributed by atoms with E-state index in [9.17, 15) is 23.2 Å². The first-order valence-electron chi connectivity index (χ1n) is 17.1. The van der Waals surface area contributed by atoms with Crippen LogP contribution in [0.1, 0.15) is 53.7 Å². The van der Waals surface area contributed by atoms with Crippen molar-refractivity contribution in [2.75, 3.05) is 24.5 Å². The summed E-state index contributed by atoms with van der Waals surface area (Å²) in [5.41, 5.74) is 16.5. The maximum absolute atomic E-state index is 14.2. The Hall–Kier alpha value is -4.86. The van der Waals surface area contributed by atoms with Gasteiger partial charge in [0.25, 0.3) is 11.8 Å². The van der Waals surface area contributed by atoms with E-state index in [1.54, 1.807) is 36.5 Å². The van der Waals surface area contributed by atoms with Gasteiger partial charge in [0.2, 0.25) is 17.6 Å². The minimum Gasteiger partial charge on any atom is -0.368 e. The highest BCUT2D eigenvalue weighted by atomic mass is 35.5. The van der Waals surface area contributed by atoms with Gasteiger partial charge in [0.05, 0.1) is 6.54 Å².